The van der Waals surface area contributed by atoms with Gasteiger partial charge in [-0.2, -0.15) is 0 Å². The highest BCUT2D eigenvalue weighted by molar-refractivity contribution is 5.73. The summed E-state index contributed by atoms with van der Waals surface area (Å²) in [6, 6.07) is 9.64. The quantitative estimate of drug-likeness (QED) is 0.906. The van der Waals surface area contributed by atoms with Gasteiger partial charge in [-0.1, -0.05) is 0 Å². The maximum Gasteiger partial charge on any atom is 0.205 e. The molecule has 2 aromatic carbocycles. The number of hydrogen-bond acceptors (Lipinski definition) is 4. The van der Waals surface area contributed by atoms with Crippen LogP contribution in [0, 0.1) is 5.82 Å². The van der Waals surface area contributed by atoms with Crippen molar-refractivity contribution < 1.29 is 18.6 Å². The summed E-state index contributed by atoms with van der Waals surface area (Å²) >= 11 is 0. The summed E-state index contributed by atoms with van der Waals surface area (Å²) in [4.78, 5) is 0. The van der Waals surface area contributed by atoms with Gasteiger partial charge in [-0.3, -0.25) is 0 Å². The fourth-order valence-electron chi connectivity index (χ4n) is 1.89. The number of benzene rings is 2. The van der Waals surface area contributed by atoms with Crippen molar-refractivity contribution in [3.8, 4) is 17.2 Å². The zero-order valence-electron chi connectivity index (χ0n) is 11.6. The lowest BCUT2D eigenvalue weighted by Crippen LogP contribution is -1.99. The molecule has 2 aromatic rings. The van der Waals surface area contributed by atoms with Crippen LogP contribution in [0.2, 0.25) is 0 Å². The van der Waals surface area contributed by atoms with E-state index in [1.807, 2.05) is 6.07 Å². The molecule has 1 N–H and O–H groups in total. The summed E-state index contributed by atoms with van der Waals surface area (Å²) in [7, 11) is 4.65. The first kappa shape index (κ1) is 14.0. The van der Waals surface area contributed by atoms with Crippen LogP contribution in [0.3, 0.4) is 0 Å². The molecule has 0 atom stereocenters. The van der Waals surface area contributed by atoms with Crippen molar-refractivity contribution in [2.24, 2.45) is 0 Å². The first-order valence-electron chi connectivity index (χ1n) is 6.01. The van der Waals surface area contributed by atoms with E-state index in [2.05, 4.69) is 5.32 Å². The van der Waals surface area contributed by atoms with E-state index in [-0.39, 0.29) is 5.82 Å². The standard InChI is InChI=1S/C15H16FNO3/c1-18-13-9-8-12(14(19-2)15(13)20-3)17-11-6-4-10(16)5-7-11/h4-9,17H,1-3H3. The van der Waals surface area contributed by atoms with Gasteiger partial charge in [-0.15, -0.1) is 0 Å². The van der Waals surface area contributed by atoms with Crippen LogP contribution in [0.15, 0.2) is 36.4 Å². The molecule has 0 spiro atoms. The van der Waals surface area contributed by atoms with Crippen LogP contribution < -0.4 is 19.5 Å². The Hall–Kier alpha value is -2.43. The van der Waals surface area contributed by atoms with Gasteiger partial charge in [0.25, 0.3) is 0 Å². The zero-order chi connectivity index (χ0) is 14.5. The Morgan fingerprint density at radius 3 is 2.00 bits per heavy atom. The third-order valence-corrected chi connectivity index (χ3v) is 2.83. The van der Waals surface area contributed by atoms with E-state index in [9.17, 15) is 4.39 Å². The second-order valence-electron chi connectivity index (χ2n) is 4.01. The van der Waals surface area contributed by atoms with Gasteiger partial charge in [0.1, 0.15) is 5.82 Å². The highest BCUT2D eigenvalue weighted by Gasteiger charge is 2.15. The van der Waals surface area contributed by atoms with Crippen LogP contribution in [-0.4, -0.2) is 21.3 Å². The fourth-order valence-corrected chi connectivity index (χ4v) is 1.89. The number of halogens is 1. The van der Waals surface area contributed by atoms with E-state index in [4.69, 9.17) is 14.2 Å². The van der Waals surface area contributed by atoms with Crippen LogP contribution in [0.4, 0.5) is 15.8 Å². The minimum atomic E-state index is -0.283. The average molecular weight is 277 g/mol. The molecule has 0 saturated carbocycles. The Balaban J connectivity index is 2.38. The van der Waals surface area contributed by atoms with E-state index in [1.165, 1.54) is 12.1 Å². The maximum absolute atomic E-state index is 12.9. The molecular weight excluding hydrogens is 261 g/mol. The van der Waals surface area contributed by atoms with Gasteiger partial charge < -0.3 is 19.5 Å². The van der Waals surface area contributed by atoms with Crippen molar-refractivity contribution in [3.63, 3.8) is 0 Å². The van der Waals surface area contributed by atoms with E-state index < -0.39 is 0 Å². The number of methoxy groups -OCH3 is 3. The number of nitrogens with one attached hydrogen (secondary N) is 1. The molecule has 0 amide bonds. The molecule has 106 valence electrons. The second-order valence-corrected chi connectivity index (χ2v) is 4.01. The number of ether oxygens (including phenoxy) is 3. The van der Waals surface area contributed by atoms with E-state index in [0.29, 0.717) is 22.9 Å². The average Bonchev–Trinajstić information content (AvgIpc) is 2.48. The Labute approximate surface area is 117 Å². The van der Waals surface area contributed by atoms with Gasteiger partial charge in [0.15, 0.2) is 11.5 Å². The molecule has 0 radical (unpaired) electrons. The first-order valence-corrected chi connectivity index (χ1v) is 6.01. The Bertz CT molecular complexity index is 584. The molecule has 0 unspecified atom stereocenters. The Morgan fingerprint density at radius 2 is 1.45 bits per heavy atom. The Morgan fingerprint density at radius 1 is 0.800 bits per heavy atom. The van der Waals surface area contributed by atoms with Crippen LogP contribution in [0.1, 0.15) is 0 Å². The van der Waals surface area contributed by atoms with Crippen molar-refractivity contribution in [2.45, 2.75) is 0 Å². The molecular formula is C15H16FNO3. The SMILES string of the molecule is COc1ccc(Nc2ccc(F)cc2)c(OC)c1OC. The van der Waals surface area contributed by atoms with E-state index >= 15 is 0 Å². The second kappa shape index (κ2) is 6.14. The van der Waals surface area contributed by atoms with Crippen LogP contribution in [-0.2, 0) is 0 Å². The van der Waals surface area contributed by atoms with Crippen molar-refractivity contribution in [1.29, 1.82) is 0 Å². The highest BCUT2D eigenvalue weighted by atomic mass is 19.1. The van der Waals surface area contributed by atoms with Crippen LogP contribution in [0.25, 0.3) is 0 Å². The summed E-state index contributed by atoms with van der Waals surface area (Å²) in [5, 5.41) is 3.15. The third-order valence-electron chi connectivity index (χ3n) is 2.83. The third kappa shape index (κ3) is 2.77. The summed E-state index contributed by atoms with van der Waals surface area (Å²) in [5.41, 5.74) is 1.45. The molecule has 0 aliphatic carbocycles. The first-order chi connectivity index (χ1) is 9.69. The smallest absolute Gasteiger partial charge is 0.205 e. The Kier molecular flexibility index (Phi) is 4.30. The monoisotopic (exact) mass is 277 g/mol. The normalized spacial score (nSPS) is 10.0. The van der Waals surface area contributed by atoms with E-state index in [0.717, 1.165) is 5.69 Å². The molecule has 0 aromatic heterocycles. The van der Waals surface area contributed by atoms with Gasteiger partial charge in [0.05, 0.1) is 27.0 Å². The van der Waals surface area contributed by atoms with Crippen molar-refractivity contribution in [2.75, 3.05) is 26.6 Å². The van der Waals surface area contributed by atoms with Crippen molar-refractivity contribution in [1.82, 2.24) is 0 Å². The van der Waals surface area contributed by atoms with Gasteiger partial charge in [0, 0.05) is 5.69 Å². The minimum absolute atomic E-state index is 0.283. The predicted molar refractivity (Wildman–Crippen MR) is 75.8 cm³/mol. The summed E-state index contributed by atoms with van der Waals surface area (Å²) < 4.78 is 28.8. The number of anilines is 2. The zero-order valence-corrected chi connectivity index (χ0v) is 11.6. The van der Waals surface area contributed by atoms with E-state index in [1.54, 1.807) is 39.5 Å². The molecule has 0 heterocycles. The number of rotatable bonds is 5. The molecule has 5 heteroatoms. The summed E-state index contributed by atoms with van der Waals surface area (Å²) in [5.74, 6) is 1.32. The van der Waals surface area contributed by atoms with Crippen LogP contribution in [0.5, 0.6) is 17.2 Å². The lowest BCUT2D eigenvalue weighted by molar-refractivity contribution is 0.325. The minimum Gasteiger partial charge on any atom is -0.493 e. The van der Waals surface area contributed by atoms with Gasteiger partial charge >= 0.3 is 0 Å². The topological polar surface area (TPSA) is 39.7 Å². The van der Waals surface area contributed by atoms with Gasteiger partial charge in [0.2, 0.25) is 5.75 Å². The lowest BCUT2D eigenvalue weighted by Gasteiger charge is -2.16. The molecule has 0 aliphatic rings. The number of hydrogen-bond donors (Lipinski definition) is 1. The molecule has 0 fully saturated rings. The maximum atomic E-state index is 12.9. The molecule has 2 rings (SSSR count). The van der Waals surface area contributed by atoms with Gasteiger partial charge in [-0.05, 0) is 36.4 Å². The largest absolute Gasteiger partial charge is 0.493 e. The van der Waals surface area contributed by atoms with Crippen molar-refractivity contribution >= 4 is 11.4 Å². The molecule has 0 saturated heterocycles. The molecule has 4 nitrogen and oxygen atoms in total. The molecule has 20 heavy (non-hydrogen) atoms. The fraction of sp³-hybridized carbons (Fsp3) is 0.200. The predicted octanol–water partition coefficient (Wildman–Crippen LogP) is 3.60. The summed E-state index contributed by atoms with van der Waals surface area (Å²) in [6.07, 6.45) is 0. The molecule has 0 bridgehead atoms. The van der Waals surface area contributed by atoms with Crippen molar-refractivity contribution in [3.05, 3.63) is 42.2 Å². The highest BCUT2D eigenvalue weighted by Crippen LogP contribution is 2.43. The lowest BCUT2D eigenvalue weighted by atomic mass is 10.2. The molecule has 0 aliphatic heterocycles. The van der Waals surface area contributed by atoms with Crippen LogP contribution >= 0.6 is 0 Å². The summed E-state index contributed by atoms with van der Waals surface area (Å²) in [6.45, 7) is 0. The van der Waals surface area contributed by atoms with Gasteiger partial charge in [-0.25, -0.2) is 4.39 Å².